The number of thiazole rings is 1. The minimum atomic E-state index is -0.0253. The molecule has 26 heavy (non-hydrogen) atoms. The Kier molecular flexibility index (Phi) is 5.57. The second-order valence-corrected chi connectivity index (χ2v) is 7.67. The number of carbonyl (C=O) groups is 1. The fraction of sp³-hybridized carbons (Fsp3) is 0.333. The number of hydrogen-bond acceptors (Lipinski definition) is 4. The maximum atomic E-state index is 12.2. The molecule has 3 aromatic rings. The van der Waals surface area contributed by atoms with E-state index in [-0.39, 0.29) is 5.91 Å². The summed E-state index contributed by atoms with van der Waals surface area (Å²) in [5, 5.41) is 3.57. The van der Waals surface area contributed by atoms with E-state index in [2.05, 4.69) is 49.3 Å². The molecule has 0 bridgehead atoms. The summed E-state index contributed by atoms with van der Waals surface area (Å²) in [5.74, 6) is 0.857. The van der Waals surface area contributed by atoms with Crippen LogP contribution < -0.4 is 10.1 Å². The number of aromatic nitrogens is 1. The topological polar surface area (TPSA) is 51.2 Å². The number of fused-ring (bicyclic) bond motifs is 1. The number of carbonyl (C=O) groups excluding carboxylic acids is 1. The van der Waals surface area contributed by atoms with Gasteiger partial charge in [-0.2, -0.15) is 0 Å². The fourth-order valence-corrected chi connectivity index (χ4v) is 3.78. The van der Waals surface area contributed by atoms with Gasteiger partial charge in [-0.15, -0.1) is 0 Å². The largest absolute Gasteiger partial charge is 0.493 e. The van der Waals surface area contributed by atoms with Gasteiger partial charge in [-0.1, -0.05) is 35.1 Å². The third kappa shape index (κ3) is 4.22. The third-order valence-corrected chi connectivity index (χ3v) is 5.40. The summed E-state index contributed by atoms with van der Waals surface area (Å²) in [4.78, 5) is 16.7. The molecule has 2 aromatic carbocycles. The van der Waals surface area contributed by atoms with E-state index >= 15 is 0 Å². The van der Waals surface area contributed by atoms with Crippen molar-refractivity contribution in [3.63, 3.8) is 0 Å². The molecule has 0 aliphatic heterocycles. The van der Waals surface area contributed by atoms with Crippen molar-refractivity contribution in [2.75, 3.05) is 11.9 Å². The molecule has 0 saturated carbocycles. The van der Waals surface area contributed by atoms with Crippen LogP contribution in [0.5, 0.6) is 5.75 Å². The average Bonchev–Trinajstić information content (AvgIpc) is 3.00. The van der Waals surface area contributed by atoms with E-state index in [0.29, 0.717) is 24.6 Å². The van der Waals surface area contributed by atoms with Crippen molar-refractivity contribution >= 4 is 32.6 Å². The van der Waals surface area contributed by atoms with Crippen LogP contribution >= 0.6 is 11.3 Å². The molecule has 1 aromatic heterocycles. The first-order chi connectivity index (χ1) is 12.4. The van der Waals surface area contributed by atoms with Crippen LogP contribution in [0.4, 0.5) is 5.13 Å². The van der Waals surface area contributed by atoms with Gasteiger partial charge in [0.2, 0.25) is 5.91 Å². The van der Waals surface area contributed by atoms with Gasteiger partial charge in [-0.25, -0.2) is 4.98 Å². The Balaban J connectivity index is 1.50. The number of aryl methyl sites for hydroxylation is 4. The highest BCUT2D eigenvalue weighted by molar-refractivity contribution is 7.22. The molecule has 0 saturated heterocycles. The molecule has 4 nitrogen and oxygen atoms in total. The number of rotatable bonds is 6. The first kappa shape index (κ1) is 18.4. The van der Waals surface area contributed by atoms with Crippen molar-refractivity contribution in [2.24, 2.45) is 0 Å². The predicted molar refractivity (Wildman–Crippen MR) is 108 cm³/mol. The van der Waals surface area contributed by atoms with E-state index in [1.54, 1.807) is 0 Å². The summed E-state index contributed by atoms with van der Waals surface area (Å²) in [6.07, 6.45) is 1.08. The number of nitrogens with zero attached hydrogens (tertiary/aromatic N) is 1. The van der Waals surface area contributed by atoms with Gasteiger partial charge in [-0.05, 0) is 62.9 Å². The highest BCUT2D eigenvalue weighted by Gasteiger charge is 2.10. The van der Waals surface area contributed by atoms with E-state index in [0.717, 1.165) is 21.5 Å². The van der Waals surface area contributed by atoms with Gasteiger partial charge in [-0.3, -0.25) is 4.79 Å². The van der Waals surface area contributed by atoms with Crippen LogP contribution in [-0.4, -0.2) is 17.5 Å². The third-order valence-electron chi connectivity index (χ3n) is 4.47. The molecule has 1 amide bonds. The first-order valence-electron chi connectivity index (χ1n) is 8.80. The Labute approximate surface area is 158 Å². The molecule has 0 radical (unpaired) electrons. The van der Waals surface area contributed by atoms with E-state index in [9.17, 15) is 4.79 Å². The number of nitrogens with one attached hydrogen (secondary N) is 1. The molecule has 1 heterocycles. The SMILES string of the molecule is Cc1ccc(OCCCC(=O)Nc2nc3c(C)c(C)ccc3s2)c(C)c1. The first-order valence-corrected chi connectivity index (χ1v) is 9.62. The molecule has 0 aliphatic carbocycles. The Morgan fingerprint density at radius 3 is 2.69 bits per heavy atom. The maximum absolute atomic E-state index is 12.2. The Morgan fingerprint density at radius 2 is 1.92 bits per heavy atom. The van der Waals surface area contributed by atoms with Crippen LogP contribution in [0.1, 0.15) is 35.1 Å². The standard InChI is InChI=1S/C21H24N2O2S/c1-13-7-9-17(15(3)12-13)25-11-5-6-19(24)22-21-23-20-16(4)14(2)8-10-18(20)26-21/h7-10,12H,5-6,11H2,1-4H3,(H,22,23,24). The van der Waals surface area contributed by atoms with Crippen molar-refractivity contribution < 1.29 is 9.53 Å². The van der Waals surface area contributed by atoms with Crippen LogP contribution in [0.25, 0.3) is 10.2 Å². The molecule has 0 fully saturated rings. The molecular weight excluding hydrogens is 344 g/mol. The van der Waals surface area contributed by atoms with Gasteiger partial charge in [0, 0.05) is 6.42 Å². The zero-order chi connectivity index (χ0) is 18.7. The van der Waals surface area contributed by atoms with E-state index in [1.807, 2.05) is 19.1 Å². The summed E-state index contributed by atoms with van der Waals surface area (Å²) in [6.45, 7) is 8.75. The van der Waals surface area contributed by atoms with Gasteiger partial charge in [0.25, 0.3) is 0 Å². The van der Waals surface area contributed by atoms with Crippen molar-refractivity contribution in [3.8, 4) is 5.75 Å². The number of anilines is 1. The summed E-state index contributed by atoms with van der Waals surface area (Å²) in [6, 6.07) is 10.3. The Bertz CT molecular complexity index is 947. The average molecular weight is 369 g/mol. The normalized spacial score (nSPS) is 10.9. The molecule has 1 N–H and O–H groups in total. The smallest absolute Gasteiger partial charge is 0.226 e. The molecule has 3 rings (SSSR count). The highest BCUT2D eigenvalue weighted by Crippen LogP contribution is 2.29. The molecule has 0 spiro atoms. The van der Waals surface area contributed by atoms with Crippen molar-refractivity contribution in [2.45, 2.75) is 40.5 Å². The van der Waals surface area contributed by atoms with Crippen molar-refractivity contribution in [1.29, 1.82) is 0 Å². The number of ether oxygens (including phenoxy) is 1. The monoisotopic (exact) mass is 368 g/mol. The molecule has 0 aliphatic rings. The van der Waals surface area contributed by atoms with Crippen LogP contribution in [0.2, 0.25) is 0 Å². The predicted octanol–water partition coefficient (Wildman–Crippen LogP) is 5.33. The second kappa shape index (κ2) is 7.87. The van der Waals surface area contributed by atoms with E-state index < -0.39 is 0 Å². The van der Waals surface area contributed by atoms with Gasteiger partial charge < -0.3 is 10.1 Å². The number of amides is 1. The second-order valence-electron chi connectivity index (χ2n) is 6.64. The van der Waals surface area contributed by atoms with Crippen LogP contribution in [0, 0.1) is 27.7 Å². The van der Waals surface area contributed by atoms with E-state index in [4.69, 9.17) is 4.74 Å². The lowest BCUT2D eigenvalue weighted by atomic mass is 10.1. The quantitative estimate of drug-likeness (QED) is 0.599. The van der Waals surface area contributed by atoms with Gasteiger partial charge in [0.1, 0.15) is 5.75 Å². The van der Waals surface area contributed by atoms with Crippen LogP contribution in [0.3, 0.4) is 0 Å². The van der Waals surface area contributed by atoms with Gasteiger partial charge in [0.15, 0.2) is 5.13 Å². The molecule has 0 unspecified atom stereocenters. The van der Waals surface area contributed by atoms with Gasteiger partial charge in [0.05, 0.1) is 16.8 Å². The Morgan fingerprint density at radius 1 is 1.12 bits per heavy atom. The lowest BCUT2D eigenvalue weighted by Gasteiger charge is -2.09. The van der Waals surface area contributed by atoms with E-state index in [1.165, 1.54) is 28.0 Å². The summed E-state index contributed by atoms with van der Waals surface area (Å²) >= 11 is 1.51. The van der Waals surface area contributed by atoms with Crippen molar-refractivity contribution in [1.82, 2.24) is 4.98 Å². The maximum Gasteiger partial charge on any atom is 0.226 e. The van der Waals surface area contributed by atoms with Crippen LogP contribution in [0.15, 0.2) is 30.3 Å². The summed E-state index contributed by atoms with van der Waals surface area (Å²) in [7, 11) is 0. The van der Waals surface area contributed by atoms with Crippen molar-refractivity contribution in [3.05, 3.63) is 52.6 Å². The molecule has 0 atom stereocenters. The zero-order valence-electron chi connectivity index (χ0n) is 15.7. The molecule has 136 valence electrons. The lowest BCUT2D eigenvalue weighted by molar-refractivity contribution is -0.116. The highest BCUT2D eigenvalue weighted by atomic mass is 32.1. The van der Waals surface area contributed by atoms with Crippen LogP contribution in [-0.2, 0) is 4.79 Å². The molecular formula is C21H24N2O2S. The summed E-state index contributed by atoms with van der Waals surface area (Å²) in [5.41, 5.74) is 5.69. The van der Waals surface area contributed by atoms with Gasteiger partial charge >= 0.3 is 0 Å². The fourth-order valence-electron chi connectivity index (χ4n) is 2.84. The Hall–Kier alpha value is -2.40. The summed E-state index contributed by atoms with van der Waals surface area (Å²) < 4.78 is 6.87. The zero-order valence-corrected chi connectivity index (χ0v) is 16.5. The number of hydrogen-bond donors (Lipinski definition) is 1. The number of benzene rings is 2. The minimum Gasteiger partial charge on any atom is -0.493 e. The minimum absolute atomic E-state index is 0.0253. The lowest BCUT2D eigenvalue weighted by Crippen LogP contribution is -2.12. The molecule has 5 heteroatoms.